The van der Waals surface area contributed by atoms with E-state index >= 15 is 0 Å². The number of halogens is 2. The lowest BCUT2D eigenvalue weighted by atomic mass is 10.2. The van der Waals surface area contributed by atoms with Crippen LogP contribution in [0.15, 0.2) is 51.8 Å². The molecule has 7 heteroatoms. The van der Waals surface area contributed by atoms with Crippen LogP contribution in [-0.4, -0.2) is 20.6 Å². The molecule has 0 spiro atoms. The summed E-state index contributed by atoms with van der Waals surface area (Å²) < 4.78 is 29.2. The van der Waals surface area contributed by atoms with Crippen molar-refractivity contribution in [1.82, 2.24) is 0 Å². The molecule has 0 aliphatic heterocycles. The first-order valence-electron chi connectivity index (χ1n) is 5.75. The molecule has 21 heavy (non-hydrogen) atoms. The summed E-state index contributed by atoms with van der Waals surface area (Å²) in [7, 11) is -3.51. The van der Waals surface area contributed by atoms with Crippen molar-refractivity contribution in [3.63, 3.8) is 0 Å². The maximum Gasteiger partial charge on any atom is 0.343 e. The molecule has 0 aliphatic rings. The molecule has 0 saturated carbocycles. The summed E-state index contributed by atoms with van der Waals surface area (Å²) in [6.45, 7) is 0. The van der Waals surface area contributed by atoms with E-state index in [4.69, 9.17) is 16.3 Å². The topological polar surface area (TPSA) is 60.4 Å². The highest BCUT2D eigenvalue weighted by atomic mass is 79.9. The van der Waals surface area contributed by atoms with Crippen molar-refractivity contribution in [3.05, 3.63) is 57.5 Å². The highest BCUT2D eigenvalue weighted by molar-refractivity contribution is 9.10. The third-order valence-corrected chi connectivity index (χ3v) is 4.70. The molecule has 0 aliphatic carbocycles. The van der Waals surface area contributed by atoms with Crippen molar-refractivity contribution in [2.75, 3.05) is 6.26 Å². The lowest BCUT2D eigenvalue weighted by Gasteiger charge is -2.07. The zero-order valence-electron chi connectivity index (χ0n) is 10.8. The summed E-state index contributed by atoms with van der Waals surface area (Å²) in [5.74, 6) is -0.294. The third kappa shape index (κ3) is 4.06. The van der Waals surface area contributed by atoms with E-state index in [2.05, 4.69) is 15.9 Å². The number of rotatable bonds is 3. The van der Waals surface area contributed by atoms with Crippen molar-refractivity contribution in [2.45, 2.75) is 4.90 Å². The monoisotopic (exact) mass is 388 g/mol. The van der Waals surface area contributed by atoms with Crippen molar-refractivity contribution in [3.8, 4) is 5.75 Å². The van der Waals surface area contributed by atoms with Gasteiger partial charge in [0, 0.05) is 10.7 Å². The maximum absolute atomic E-state index is 12.0. The van der Waals surface area contributed by atoms with E-state index in [1.54, 1.807) is 24.3 Å². The van der Waals surface area contributed by atoms with Crippen LogP contribution in [0.25, 0.3) is 0 Å². The number of ether oxygens (including phenoxy) is 1. The first-order valence-corrected chi connectivity index (χ1v) is 8.81. The van der Waals surface area contributed by atoms with Crippen LogP contribution in [0.5, 0.6) is 5.75 Å². The van der Waals surface area contributed by atoms with Crippen molar-refractivity contribution >= 4 is 43.3 Å². The Kier molecular flexibility index (Phi) is 4.70. The molecule has 0 aromatic heterocycles. The lowest BCUT2D eigenvalue weighted by Crippen LogP contribution is -2.10. The van der Waals surface area contributed by atoms with Gasteiger partial charge in [0.05, 0.1) is 15.5 Å². The minimum absolute atomic E-state index is 0.0673. The number of esters is 1. The molecule has 2 rings (SSSR count). The van der Waals surface area contributed by atoms with E-state index in [1.165, 1.54) is 18.2 Å². The van der Waals surface area contributed by atoms with Crippen LogP contribution in [0.4, 0.5) is 0 Å². The Hall–Kier alpha value is -1.37. The van der Waals surface area contributed by atoms with Crippen molar-refractivity contribution in [2.24, 2.45) is 0 Å². The Morgan fingerprint density at radius 3 is 2.33 bits per heavy atom. The number of carbonyl (C=O) groups excluding carboxylic acids is 1. The highest BCUT2D eigenvalue weighted by Crippen LogP contribution is 2.24. The lowest BCUT2D eigenvalue weighted by molar-refractivity contribution is 0.0734. The fourth-order valence-electron chi connectivity index (χ4n) is 1.58. The largest absolute Gasteiger partial charge is 0.423 e. The Bertz CT molecular complexity index is 785. The Labute approximate surface area is 135 Å². The summed E-state index contributed by atoms with van der Waals surface area (Å²) in [5.41, 5.74) is 0.114. The second-order valence-corrected chi connectivity index (χ2v) is 7.57. The molecule has 0 atom stereocenters. The number of benzene rings is 2. The van der Waals surface area contributed by atoms with Crippen LogP contribution in [-0.2, 0) is 9.84 Å². The molecule has 0 amide bonds. The molecular formula is C14H10BrClO4S. The smallest absolute Gasteiger partial charge is 0.343 e. The van der Waals surface area contributed by atoms with Crippen LogP contribution in [0.2, 0.25) is 5.02 Å². The van der Waals surface area contributed by atoms with Crippen molar-refractivity contribution in [1.29, 1.82) is 0 Å². The minimum Gasteiger partial charge on any atom is -0.423 e. The second-order valence-electron chi connectivity index (χ2n) is 4.26. The normalized spacial score (nSPS) is 11.2. The Morgan fingerprint density at radius 2 is 1.76 bits per heavy atom. The number of hydrogen-bond donors (Lipinski definition) is 0. The summed E-state index contributed by atoms with van der Waals surface area (Å²) in [5, 5.41) is 0.0673. The van der Waals surface area contributed by atoms with Crippen LogP contribution in [0.1, 0.15) is 10.4 Å². The minimum atomic E-state index is -3.51. The van der Waals surface area contributed by atoms with E-state index < -0.39 is 15.8 Å². The van der Waals surface area contributed by atoms with Gasteiger partial charge >= 0.3 is 5.97 Å². The molecule has 0 bridgehead atoms. The zero-order chi connectivity index (χ0) is 15.6. The number of carbonyl (C=O) groups is 1. The van der Waals surface area contributed by atoms with Crippen LogP contribution in [0.3, 0.4) is 0 Å². The van der Waals surface area contributed by atoms with E-state index in [0.29, 0.717) is 5.75 Å². The molecule has 2 aromatic rings. The molecule has 4 nitrogen and oxygen atoms in total. The van der Waals surface area contributed by atoms with E-state index in [9.17, 15) is 13.2 Å². The SMILES string of the molecule is CS(=O)(=O)c1cc(C(=O)Oc2ccc(Br)cc2)ccc1Cl. The molecule has 110 valence electrons. The van der Waals surface area contributed by atoms with E-state index in [-0.39, 0.29) is 15.5 Å². The van der Waals surface area contributed by atoms with Gasteiger partial charge in [-0.05, 0) is 42.5 Å². The molecule has 0 unspecified atom stereocenters. The van der Waals surface area contributed by atoms with E-state index in [1.807, 2.05) is 0 Å². The predicted molar refractivity (Wildman–Crippen MR) is 83.7 cm³/mol. The summed E-state index contributed by atoms with van der Waals surface area (Å²) >= 11 is 9.10. The molecule has 2 aromatic carbocycles. The second kappa shape index (κ2) is 6.17. The zero-order valence-corrected chi connectivity index (χ0v) is 14.0. The van der Waals surface area contributed by atoms with Crippen LogP contribution < -0.4 is 4.74 Å². The summed E-state index contributed by atoms with van der Waals surface area (Å²) in [6.07, 6.45) is 1.03. The van der Waals surface area contributed by atoms with Crippen molar-refractivity contribution < 1.29 is 17.9 Å². The molecule has 0 radical (unpaired) electrons. The first-order chi connectivity index (χ1) is 9.77. The van der Waals surface area contributed by atoms with Gasteiger partial charge in [-0.25, -0.2) is 13.2 Å². The van der Waals surface area contributed by atoms with Crippen LogP contribution in [0, 0.1) is 0 Å². The van der Waals surface area contributed by atoms with Gasteiger partial charge in [-0.2, -0.15) is 0 Å². The fourth-order valence-corrected chi connectivity index (χ4v) is 3.15. The Balaban J connectivity index is 2.30. The number of hydrogen-bond acceptors (Lipinski definition) is 4. The number of sulfone groups is 1. The van der Waals surface area contributed by atoms with Gasteiger partial charge in [-0.15, -0.1) is 0 Å². The van der Waals surface area contributed by atoms with Gasteiger partial charge in [0.1, 0.15) is 5.75 Å². The van der Waals surface area contributed by atoms with Gasteiger partial charge in [0.2, 0.25) is 0 Å². The molecular weight excluding hydrogens is 380 g/mol. The quantitative estimate of drug-likeness (QED) is 0.593. The summed E-state index contributed by atoms with van der Waals surface area (Å²) in [4.78, 5) is 11.9. The molecule has 0 heterocycles. The predicted octanol–water partition coefficient (Wildman–Crippen LogP) is 3.73. The molecule has 0 N–H and O–H groups in total. The highest BCUT2D eigenvalue weighted by Gasteiger charge is 2.17. The molecule has 0 fully saturated rings. The van der Waals surface area contributed by atoms with E-state index in [0.717, 1.165) is 10.7 Å². The van der Waals surface area contributed by atoms with Crippen LogP contribution >= 0.6 is 27.5 Å². The average molecular weight is 390 g/mol. The van der Waals surface area contributed by atoms with Gasteiger partial charge in [-0.1, -0.05) is 27.5 Å². The standard InChI is InChI=1S/C14H10BrClO4S/c1-21(18,19)13-8-9(2-7-12(13)16)14(17)20-11-5-3-10(15)4-6-11/h2-8H,1H3. The third-order valence-electron chi connectivity index (χ3n) is 2.59. The molecule has 0 saturated heterocycles. The first kappa shape index (κ1) is 16.0. The maximum atomic E-state index is 12.0. The van der Waals surface area contributed by atoms with Gasteiger partial charge in [0.15, 0.2) is 9.84 Å². The summed E-state index contributed by atoms with van der Waals surface area (Å²) in [6, 6.07) is 10.7. The van der Waals surface area contributed by atoms with Gasteiger partial charge < -0.3 is 4.74 Å². The Morgan fingerprint density at radius 1 is 1.14 bits per heavy atom. The average Bonchev–Trinajstić information content (AvgIpc) is 2.40. The fraction of sp³-hybridized carbons (Fsp3) is 0.0714. The van der Waals surface area contributed by atoms with Gasteiger partial charge in [-0.3, -0.25) is 0 Å². The van der Waals surface area contributed by atoms with Gasteiger partial charge in [0.25, 0.3) is 0 Å².